The third-order valence-electron chi connectivity index (χ3n) is 8.01. The average molecular weight is 674 g/mol. The molecule has 9 atom stereocenters. The summed E-state index contributed by atoms with van der Waals surface area (Å²) in [6.07, 6.45) is 0.614. The zero-order chi connectivity index (χ0) is 30.1. The predicted molar refractivity (Wildman–Crippen MR) is 157 cm³/mol. The molecule has 230 valence electrons. The molecule has 4 aromatic heterocycles. The molecule has 2 unspecified atom stereocenters. The van der Waals surface area contributed by atoms with E-state index < -0.39 is 44.7 Å². The summed E-state index contributed by atoms with van der Waals surface area (Å²) < 4.78 is 48.1. The van der Waals surface area contributed by atoms with Crippen LogP contribution in [0.2, 0.25) is 0 Å². The van der Waals surface area contributed by atoms with Crippen LogP contribution in [0.3, 0.4) is 0 Å². The lowest BCUT2D eigenvalue weighted by Gasteiger charge is -2.45. The van der Waals surface area contributed by atoms with E-state index in [0.29, 0.717) is 28.6 Å². The summed E-state index contributed by atoms with van der Waals surface area (Å²) in [4.78, 5) is 42.7. The van der Waals surface area contributed by atoms with Crippen LogP contribution in [-0.4, -0.2) is 82.0 Å². The van der Waals surface area contributed by atoms with Gasteiger partial charge in [0.1, 0.15) is 41.8 Å². The maximum absolute atomic E-state index is 16.0. The topological polar surface area (TPSA) is 213 Å². The minimum atomic E-state index is -3.98. The summed E-state index contributed by atoms with van der Waals surface area (Å²) in [6, 6.07) is 1.45. The van der Waals surface area contributed by atoms with E-state index in [2.05, 4.69) is 24.9 Å². The van der Waals surface area contributed by atoms with Crippen LogP contribution in [0.1, 0.15) is 18.7 Å². The minimum Gasteiger partial charge on any atom is -0.383 e. The van der Waals surface area contributed by atoms with Crippen molar-refractivity contribution in [2.24, 2.45) is 11.8 Å². The number of hydrogen-bond acceptors (Lipinski definition) is 14. The minimum absolute atomic E-state index is 0.0122. The SMILES string of the molecule is Nc1ncnc2c1ccn2[C@@H]1O[C@@H]2COP(O)(=S)OC[C@@H]3[C@@H](COP(O)(=S)O[C@H]2[C@@H]1F)C[C@H]3n1cnc2c(N)ncnc21. The Morgan fingerprint density at radius 3 is 2.44 bits per heavy atom. The number of alkyl halides is 1. The van der Waals surface area contributed by atoms with Crippen molar-refractivity contribution in [2.75, 3.05) is 31.3 Å². The summed E-state index contributed by atoms with van der Waals surface area (Å²) in [6.45, 7) is -8.26. The number of aromatic nitrogens is 7. The van der Waals surface area contributed by atoms with E-state index in [-0.39, 0.29) is 42.7 Å². The van der Waals surface area contributed by atoms with Crippen molar-refractivity contribution in [3.63, 3.8) is 0 Å². The molecule has 43 heavy (non-hydrogen) atoms. The average Bonchev–Trinajstić information content (AvgIpc) is 3.64. The molecule has 2 saturated heterocycles. The van der Waals surface area contributed by atoms with Gasteiger partial charge in [0.2, 0.25) is 0 Å². The summed E-state index contributed by atoms with van der Waals surface area (Å²) in [5, 5.41) is 0.500. The largest absolute Gasteiger partial charge is 0.383 e. The molecule has 0 bridgehead atoms. The molecular formula is C22H26FN9O7P2S2. The van der Waals surface area contributed by atoms with Gasteiger partial charge in [-0.25, -0.2) is 29.3 Å². The summed E-state index contributed by atoms with van der Waals surface area (Å²) >= 11 is 10.6. The Labute approximate surface area is 253 Å². The molecule has 3 fully saturated rings. The molecule has 0 amide bonds. The van der Waals surface area contributed by atoms with E-state index in [1.165, 1.54) is 17.2 Å². The highest BCUT2D eigenvalue weighted by molar-refractivity contribution is 8.07. The summed E-state index contributed by atoms with van der Waals surface area (Å²) in [5.74, 6) is -0.00814. The maximum atomic E-state index is 16.0. The lowest BCUT2D eigenvalue weighted by molar-refractivity contribution is -0.0425. The van der Waals surface area contributed by atoms with E-state index in [1.807, 2.05) is 4.57 Å². The molecular weight excluding hydrogens is 647 g/mol. The first kappa shape index (κ1) is 29.4. The Kier molecular flexibility index (Phi) is 7.50. The van der Waals surface area contributed by atoms with Gasteiger partial charge in [0.25, 0.3) is 0 Å². The van der Waals surface area contributed by atoms with Gasteiger partial charge in [0.05, 0.1) is 31.5 Å². The Morgan fingerprint density at radius 1 is 0.907 bits per heavy atom. The molecule has 1 saturated carbocycles. The van der Waals surface area contributed by atoms with Crippen molar-refractivity contribution in [3.8, 4) is 0 Å². The van der Waals surface area contributed by atoms with E-state index in [1.54, 1.807) is 18.6 Å². The maximum Gasteiger partial charge on any atom is 0.324 e. The molecule has 4 aromatic rings. The molecule has 6 N–H and O–H groups in total. The number of ether oxygens (including phenoxy) is 1. The Morgan fingerprint density at radius 2 is 1.63 bits per heavy atom. The van der Waals surface area contributed by atoms with Crippen molar-refractivity contribution in [1.29, 1.82) is 0 Å². The summed E-state index contributed by atoms with van der Waals surface area (Å²) in [7, 11) is 0. The quantitative estimate of drug-likeness (QED) is 0.223. The lowest BCUT2D eigenvalue weighted by atomic mass is 9.70. The van der Waals surface area contributed by atoms with Crippen molar-refractivity contribution < 1.29 is 37.0 Å². The first-order chi connectivity index (χ1) is 20.5. The fourth-order valence-corrected chi connectivity index (χ4v) is 8.40. The molecule has 0 spiro atoms. The van der Waals surface area contributed by atoms with Gasteiger partial charge in [-0.1, -0.05) is 0 Å². The molecule has 0 radical (unpaired) electrons. The number of anilines is 2. The molecule has 2 aliphatic heterocycles. The molecule has 16 nitrogen and oxygen atoms in total. The second-order valence-corrected chi connectivity index (χ2v) is 16.1. The number of nitrogen functional groups attached to an aromatic ring is 2. The smallest absolute Gasteiger partial charge is 0.324 e. The normalized spacial score (nSPS) is 37.1. The number of imidazole rings is 1. The van der Waals surface area contributed by atoms with Crippen LogP contribution in [0.4, 0.5) is 16.0 Å². The number of hydrogen-bond donors (Lipinski definition) is 4. The van der Waals surface area contributed by atoms with Crippen LogP contribution in [-0.2, 0) is 46.4 Å². The number of fused-ring (bicyclic) bond motifs is 4. The standard InChI is InChI=1S/C22H26FN9O7P2S2/c23-15-17-14(38-22(15)31-2-1-11-18(24)26-7-28-20(11)31)6-37-40(33,42)36-5-12-10(4-35-41(34,43)39-17)3-13(12)32-9-30-16-19(25)27-8-29-21(16)32/h1-2,7-10,12-15,17,22H,3-6H2,(H,33,42)(H,34,43)(H2,24,26,28)(H2,25,27,29)/t10-,12-,13-,14-,15+,17-,22-,40?,41?/m1/s1. The molecule has 21 heteroatoms. The van der Waals surface area contributed by atoms with Crippen LogP contribution in [0.25, 0.3) is 22.2 Å². The Bertz CT molecular complexity index is 1800. The van der Waals surface area contributed by atoms with Crippen LogP contribution in [0, 0.1) is 11.8 Å². The highest BCUT2D eigenvalue weighted by Crippen LogP contribution is 2.55. The Hall–Kier alpha value is -2.28. The first-order valence-electron chi connectivity index (χ1n) is 13.1. The van der Waals surface area contributed by atoms with Crippen LogP contribution in [0.15, 0.2) is 31.2 Å². The van der Waals surface area contributed by atoms with E-state index in [4.69, 9.17) is 57.9 Å². The Balaban J connectivity index is 1.14. The van der Waals surface area contributed by atoms with Crippen molar-refractivity contribution >= 4 is 70.9 Å². The zero-order valence-electron chi connectivity index (χ0n) is 22.1. The monoisotopic (exact) mass is 673 g/mol. The van der Waals surface area contributed by atoms with Gasteiger partial charge < -0.3 is 48.7 Å². The van der Waals surface area contributed by atoms with Gasteiger partial charge in [-0.15, -0.1) is 0 Å². The van der Waals surface area contributed by atoms with Crippen molar-refractivity contribution in [1.82, 2.24) is 34.1 Å². The fourth-order valence-electron chi connectivity index (χ4n) is 5.78. The molecule has 1 aliphatic carbocycles. The van der Waals surface area contributed by atoms with Crippen molar-refractivity contribution in [3.05, 3.63) is 31.2 Å². The van der Waals surface area contributed by atoms with Crippen molar-refractivity contribution in [2.45, 2.75) is 37.1 Å². The van der Waals surface area contributed by atoms with Crippen LogP contribution < -0.4 is 11.5 Å². The second-order valence-electron chi connectivity index (χ2n) is 10.4. The van der Waals surface area contributed by atoms with Gasteiger partial charge in [0, 0.05) is 18.2 Å². The number of nitrogens with zero attached hydrogens (tertiary/aromatic N) is 7. The summed E-state index contributed by atoms with van der Waals surface area (Å²) in [5.41, 5.74) is 13.2. The predicted octanol–water partition coefficient (Wildman–Crippen LogP) is 1.73. The van der Waals surface area contributed by atoms with E-state index >= 15 is 4.39 Å². The highest BCUT2D eigenvalue weighted by Gasteiger charge is 2.51. The van der Waals surface area contributed by atoms with Gasteiger partial charge >= 0.3 is 13.4 Å². The van der Waals surface area contributed by atoms with E-state index in [9.17, 15) is 9.79 Å². The molecule has 6 heterocycles. The fraction of sp³-hybridized carbons (Fsp3) is 0.500. The molecule has 3 aliphatic rings. The van der Waals surface area contributed by atoms with Crippen LogP contribution in [0.5, 0.6) is 0 Å². The first-order valence-corrected chi connectivity index (χ1v) is 18.3. The zero-order valence-corrected chi connectivity index (χ0v) is 25.5. The lowest BCUT2D eigenvalue weighted by Crippen LogP contribution is -2.43. The van der Waals surface area contributed by atoms with Gasteiger partial charge in [0.15, 0.2) is 23.9 Å². The third-order valence-corrected chi connectivity index (χ3v) is 11.2. The molecule has 7 rings (SSSR count). The van der Waals surface area contributed by atoms with Crippen LogP contribution >= 0.6 is 13.4 Å². The second kappa shape index (κ2) is 11.0. The van der Waals surface area contributed by atoms with Gasteiger partial charge in [-0.05, 0) is 42.0 Å². The number of nitrogens with two attached hydrogens (primary N) is 2. The third kappa shape index (κ3) is 5.36. The number of halogens is 1. The van der Waals surface area contributed by atoms with Gasteiger partial charge in [-0.3, -0.25) is 4.52 Å². The molecule has 0 aromatic carbocycles. The number of rotatable bonds is 2. The van der Waals surface area contributed by atoms with Gasteiger partial charge in [-0.2, -0.15) is 0 Å². The van der Waals surface area contributed by atoms with E-state index in [0.717, 1.165) is 0 Å². The highest BCUT2D eigenvalue weighted by atomic mass is 32.5.